The average Bonchev–Trinajstić information content (AvgIpc) is 2.23. The second kappa shape index (κ2) is 6.20. The zero-order valence-electron chi connectivity index (χ0n) is 12.0. The van der Waals surface area contributed by atoms with E-state index in [1.165, 1.54) is 24.0 Å². The summed E-state index contributed by atoms with van der Waals surface area (Å²) in [5.41, 5.74) is 3.18. The number of benzene rings is 1. The predicted octanol–water partition coefficient (Wildman–Crippen LogP) is 3.95. The van der Waals surface area contributed by atoms with Crippen LogP contribution in [0.3, 0.4) is 0 Å². The average molecular weight is 233 g/mol. The second-order valence-electron chi connectivity index (χ2n) is 6.37. The lowest BCUT2D eigenvalue weighted by Crippen LogP contribution is -2.34. The molecular formula is C16H27N. The van der Waals surface area contributed by atoms with Crippen molar-refractivity contribution in [1.29, 1.82) is 0 Å². The molecule has 1 aromatic carbocycles. The van der Waals surface area contributed by atoms with Gasteiger partial charge in [-0.05, 0) is 37.7 Å². The van der Waals surface area contributed by atoms with Crippen LogP contribution >= 0.6 is 0 Å². The molecule has 1 nitrogen and oxygen atoms in total. The van der Waals surface area contributed by atoms with E-state index in [9.17, 15) is 0 Å². The van der Waals surface area contributed by atoms with Crippen molar-refractivity contribution < 1.29 is 0 Å². The Morgan fingerprint density at radius 2 is 1.94 bits per heavy atom. The highest BCUT2D eigenvalue weighted by Gasteiger charge is 2.11. The Hall–Kier alpha value is -0.820. The van der Waals surface area contributed by atoms with Gasteiger partial charge < -0.3 is 5.32 Å². The van der Waals surface area contributed by atoms with Gasteiger partial charge in [-0.3, -0.25) is 0 Å². The van der Waals surface area contributed by atoms with Crippen molar-refractivity contribution in [1.82, 2.24) is 5.32 Å². The SMILES string of the molecule is Cc1cccc(CCC(C)NCC(C)(C)C)c1. The highest BCUT2D eigenvalue weighted by atomic mass is 14.9. The van der Waals surface area contributed by atoms with Crippen LogP contribution in [0.25, 0.3) is 0 Å². The molecule has 1 aromatic rings. The molecule has 96 valence electrons. The van der Waals surface area contributed by atoms with Crippen molar-refractivity contribution in [2.45, 2.75) is 53.5 Å². The maximum absolute atomic E-state index is 3.61. The lowest BCUT2D eigenvalue weighted by Gasteiger charge is -2.22. The monoisotopic (exact) mass is 233 g/mol. The number of hydrogen-bond donors (Lipinski definition) is 1. The normalized spacial score (nSPS) is 13.7. The van der Waals surface area contributed by atoms with Crippen LogP contribution in [0.4, 0.5) is 0 Å². The van der Waals surface area contributed by atoms with Crippen molar-refractivity contribution in [3.05, 3.63) is 35.4 Å². The molecule has 0 fully saturated rings. The molecule has 0 amide bonds. The van der Waals surface area contributed by atoms with Crippen molar-refractivity contribution in [2.24, 2.45) is 5.41 Å². The van der Waals surface area contributed by atoms with Crippen LogP contribution in [0.2, 0.25) is 0 Å². The minimum atomic E-state index is 0.373. The van der Waals surface area contributed by atoms with Gasteiger partial charge in [-0.2, -0.15) is 0 Å². The van der Waals surface area contributed by atoms with Gasteiger partial charge in [0, 0.05) is 12.6 Å². The Morgan fingerprint density at radius 3 is 2.53 bits per heavy atom. The van der Waals surface area contributed by atoms with Crippen LogP contribution in [-0.4, -0.2) is 12.6 Å². The van der Waals surface area contributed by atoms with E-state index in [1.807, 2.05) is 0 Å². The summed E-state index contributed by atoms with van der Waals surface area (Å²) in [4.78, 5) is 0. The van der Waals surface area contributed by atoms with Gasteiger partial charge in [0.2, 0.25) is 0 Å². The van der Waals surface area contributed by atoms with Crippen molar-refractivity contribution >= 4 is 0 Å². The van der Waals surface area contributed by atoms with Crippen molar-refractivity contribution in [2.75, 3.05) is 6.54 Å². The van der Waals surface area contributed by atoms with E-state index in [1.54, 1.807) is 0 Å². The van der Waals surface area contributed by atoms with E-state index in [0.29, 0.717) is 11.5 Å². The van der Waals surface area contributed by atoms with Gasteiger partial charge in [0.25, 0.3) is 0 Å². The molecule has 0 saturated carbocycles. The first kappa shape index (κ1) is 14.2. The number of nitrogens with one attached hydrogen (secondary N) is 1. The largest absolute Gasteiger partial charge is 0.314 e. The molecule has 1 atom stereocenters. The topological polar surface area (TPSA) is 12.0 Å². The van der Waals surface area contributed by atoms with E-state index in [2.05, 4.69) is 64.2 Å². The Morgan fingerprint density at radius 1 is 1.24 bits per heavy atom. The van der Waals surface area contributed by atoms with Gasteiger partial charge in [0.15, 0.2) is 0 Å². The molecule has 0 radical (unpaired) electrons. The summed E-state index contributed by atoms with van der Waals surface area (Å²) < 4.78 is 0. The quantitative estimate of drug-likeness (QED) is 0.812. The Bertz CT molecular complexity index is 336. The summed E-state index contributed by atoms with van der Waals surface area (Å²) >= 11 is 0. The molecular weight excluding hydrogens is 206 g/mol. The molecule has 0 aliphatic carbocycles. The zero-order chi connectivity index (χ0) is 12.9. The molecule has 0 bridgehead atoms. The number of hydrogen-bond acceptors (Lipinski definition) is 1. The highest BCUT2D eigenvalue weighted by molar-refractivity contribution is 5.22. The van der Waals surface area contributed by atoms with Crippen LogP contribution in [0.5, 0.6) is 0 Å². The van der Waals surface area contributed by atoms with E-state index < -0.39 is 0 Å². The predicted molar refractivity (Wildman–Crippen MR) is 76.4 cm³/mol. The van der Waals surface area contributed by atoms with Gasteiger partial charge in [-0.25, -0.2) is 0 Å². The standard InChI is InChI=1S/C16H27N/c1-13-7-6-8-15(11-13)10-9-14(2)17-12-16(3,4)5/h6-8,11,14,17H,9-10,12H2,1-5H3. The third-order valence-corrected chi connectivity index (χ3v) is 2.93. The van der Waals surface area contributed by atoms with Gasteiger partial charge in [0.05, 0.1) is 0 Å². The third-order valence-electron chi connectivity index (χ3n) is 2.93. The van der Waals surface area contributed by atoms with Crippen LogP contribution in [0.15, 0.2) is 24.3 Å². The molecule has 0 spiro atoms. The summed E-state index contributed by atoms with van der Waals surface area (Å²) in [7, 11) is 0. The van der Waals surface area contributed by atoms with Crippen LogP contribution in [0.1, 0.15) is 45.2 Å². The molecule has 0 aliphatic heterocycles. The minimum absolute atomic E-state index is 0.373. The van der Waals surface area contributed by atoms with Crippen LogP contribution in [-0.2, 0) is 6.42 Å². The molecule has 0 aromatic heterocycles. The zero-order valence-corrected chi connectivity index (χ0v) is 12.0. The molecule has 0 heterocycles. The first-order valence-corrected chi connectivity index (χ1v) is 6.66. The molecule has 0 aliphatic rings. The first-order chi connectivity index (χ1) is 7.87. The van der Waals surface area contributed by atoms with Crippen molar-refractivity contribution in [3.8, 4) is 0 Å². The third kappa shape index (κ3) is 6.48. The summed E-state index contributed by atoms with van der Waals surface area (Å²) in [5.74, 6) is 0. The van der Waals surface area contributed by atoms with Crippen molar-refractivity contribution in [3.63, 3.8) is 0 Å². The van der Waals surface area contributed by atoms with E-state index >= 15 is 0 Å². The molecule has 1 rings (SSSR count). The molecule has 1 heteroatoms. The molecule has 1 N–H and O–H groups in total. The molecule has 17 heavy (non-hydrogen) atoms. The fourth-order valence-corrected chi connectivity index (χ4v) is 1.83. The smallest absolute Gasteiger partial charge is 0.00421 e. The van der Waals surface area contributed by atoms with Gasteiger partial charge in [-0.15, -0.1) is 0 Å². The summed E-state index contributed by atoms with van der Waals surface area (Å²) in [5, 5.41) is 3.61. The Balaban J connectivity index is 2.31. The van der Waals surface area contributed by atoms with Crippen LogP contribution < -0.4 is 5.32 Å². The molecule has 0 saturated heterocycles. The van der Waals surface area contributed by atoms with E-state index in [4.69, 9.17) is 0 Å². The summed E-state index contributed by atoms with van der Waals surface area (Å²) in [6.07, 6.45) is 2.37. The Labute approximate surface area is 107 Å². The van der Waals surface area contributed by atoms with E-state index in [-0.39, 0.29) is 0 Å². The first-order valence-electron chi connectivity index (χ1n) is 6.66. The van der Waals surface area contributed by atoms with Gasteiger partial charge >= 0.3 is 0 Å². The fourth-order valence-electron chi connectivity index (χ4n) is 1.83. The lowest BCUT2D eigenvalue weighted by atomic mass is 9.96. The molecule has 1 unspecified atom stereocenters. The minimum Gasteiger partial charge on any atom is -0.314 e. The summed E-state index contributed by atoms with van der Waals surface area (Å²) in [6.45, 7) is 12.3. The fraction of sp³-hybridized carbons (Fsp3) is 0.625. The van der Waals surface area contributed by atoms with E-state index in [0.717, 1.165) is 6.54 Å². The lowest BCUT2D eigenvalue weighted by molar-refractivity contribution is 0.351. The van der Waals surface area contributed by atoms with Gasteiger partial charge in [-0.1, -0.05) is 50.6 Å². The summed E-state index contributed by atoms with van der Waals surface area (Å²) in [6, 6.07) is 9.41. The highest BCUT2D eigenvalue weighted by Crippen LogP contribution is 2.12. The maximum Gasteiger partial charge on any atom is 0.00421 e. The Kier molecular flexibility index (Phi) is 5.20. The number of aryl methyl sites for hydroxylation is 2. The van der Waals surface area contributed by atoms with Gasteiger partial charge in [0.1, 0.15) is 0 Å². The second-order valence-corrected chi connectivity index (χ2v) is 6.37. The number of rotatable bonds is 5. The van der Waals surface area contributed by atoms with Crippen LogP contribution in [0, 0.1) is 12.3 Å². The maximum atomic E-state index is 3.61.